The van der Waals surface area contributed by atoms with Crippen molar-refractivity contribution in [2.45, 2.75) is 26.8 Å². The van der Waals surface area contributed by atoms with Crippen molar-refractivity contribution in [1.29, 1.82) is 0 Å². The average molecular weight is 294 g/mol. The summed E-state index contributed by atoms with van der Waals surface area (Å²) in [5.41, 5.74) is 6.52. The van der Waals surface area contributed by atoms with Crippen LogP contribution in [0.4, 0.5) is 17.5 Å². The zero-order chi connectivity index (χ0) is 14.9. The Hall–Kier alpha value is -2.29. The van der Waals surface area contributed by atoms with Crippen LogP contribution in [0.2, 0.25) is 0 Å². The Morgan fingerprint density at radius 3 is 2.65 bits per heavy atom. The zero-order valence-electron chi connectivity index (χ0n) is 11.2. The van der Waals surface area contributed by atoms with Gasteiger partial charge in [-0.15, -0.1) is 11.3 Å². The van der Waals surface area contributed by atoms with Gasteiger partial charge in [0, 0.05) is 11.1 Å². The molecular weight excluding hydrogens is 280 g/mol. The van der Waals surface area contributed by atoms with Crippen LogP contribution in [0.5, 0.6) is 0 Å². The topological polar surface area (TPSA) is 120 Å². The van der Waals surface area contributed by atoms with Gasteiger partial charge in [0.25, 0.3) is 0 Å². The largest absolute Gasteiger partial charge is 0.368 e. The minimum atomic E-state index is -0.517. The molecule has 8 nitrogen and oxygen atoms in total. The van der Waals surface area contributed by atoms with Gasteiger partial charge in [-0.05, 0) is 20.8 Å². The number of thiazole rings is 1. The van der Waals surface area contributed by atoms with Gasteiger partial charge in [-0.25, -0.2) is 9.97 Å². The van der Waals surface area contributed by atoms with Crippen LogP contribution < -0.4 is 11.1 Å². The molecular formula is C11H14N6O2S. The maximum Gasteiger partial charge on any atom is 0.332 e. The fraction of sp³-hybridized carbons (Fsp3) is 0.364. The van der Waals surface area contributed by atoms with E-state index in [1.807, 2.05) is 19.2 Å². The molecule has 0 radical (unpaired) electrons. The summed E-state index contributed by atoms with van der Waals surface area (Å²) >= 11 is 1.48. The molecule has 2 aromatic heterocycles. The summed E-state index contributed by atoms with van der Waals surface area (Å²) in [5, 5.41) is 16.8. The summed E-state index contributed by atoms with van der Waals surface area (Å²) in [6.45, 7) is 5.27. The first kappa shape index (κ1) is 14.1. The third-order valence-electron chi connectivity index (χ3n) is 2.62. The van der Waals surface area contributed by atoms with E-state index in [0.717, 1.165) is 10.7 Å². The second-order valence-corrected chi connectivity index (χ2v) is 5.20. The standard InChI is InChI=1S/C11H14N6O2S/c1-5-4-20-10(13-5)7(3)14-9-8(17(18)19)6(2)15-11(12)16-9/h4,7H,1-3H3,(H3,12,14,15,16). The Labute approximate surface area is 119 Å². The lowest BCUT2D eigenvalue weighted by molar-refractivity contribution is -0.385. The molecule has 20 heavy (non-hydrogen) atoms. The van der Waals surface area contributed by atoms with Crippen LogP contribution in [-0.4, -0.2) is 19.9 Å². The summed E-state index contributed by atoms with van der Waals surface area (Å²) < 4.78 is 0. The van der Waals surface area contributed by atoms with E-state index in [4.69, 9.17) is 5.73 Å². The van der Waals surface area contributed by atoms with Gasteiger partial charge in [0.2, 0.25) is 11.8 Å². The highest BCUT2D eigenvalue weighted by Gasteiger charge is 2.23. The molecule has 0 fully saturated rings. The van der Waals surface area contributed by atoms with Gasteiger partial charge >= 0.3 is 5.69 Å². The van der Waals surface area contributed by atoms with Crippen LogP contribution in [0.1, 0.15) is 29.4 Å². The molecule has 0 amide bonds. The second kappa shape index (κ2) is 5.37. The molecule has 0 aromatic carbocycles. The first-order valence-corrected chi connectivity index (χ1v) is 6.73. The van der Waals surface area contributed by atoms with Crippen LogP contribution in [0, 0.1) is 24.0 Å². The van der Waals surface area contributed by atoms with Crippen LogP contribution >= 0.6 is 11.3 Å². The Kier molecular flexibility index (Phi) is 3.79. The van der Waals surface area contributed by atoms with Gasteiger partial charge in [-0.2, -0.15) is 4.98 Å². The number of nitrogen functional groups attached to an aromatic ring is 1. The van der Waals surface area contributed by atoms with E-state index in [2.05, 4.69) is 20.3 Å². The lowest BCUT2D eigenvalue weighted by Gasteiger charge is -2.13. The maximum atomic E-state index is 11.1. The zero-order valence-corrected chi connectivity index (χ0v) is 12.1. The minimum absolute atomic E-state index is 0.00174. The molecule has 1 unspecified atom stereocenters. The molecule has 0 bridgehead atoms. The van der Waals surface area contributed by atoms with Crippen molar-refractivity contribution in [2.24, 2.45) is 0 Å². The summed E-state index contributed by atoms with van der Waals surface area (Å²) in [6, 6.07) is -0.207. The van der Waals surface area contributed by atoms with Crippen molar-refractivity contribution in [3.05, 3.63) is 31.9 Å². The predicted molar refractivity (Wildman–Crippen MR) is 76.7 cm³/mol. The van der Waals surface area contributed by atoms with Crippen molar-refractivity contribution in [1.82, 2.24) is 15.0 Å². The average Bonchev–Trinajstić information content (AvgIpc) is 2.74. The molecule has 0 aliphatic rings. The number of nitrogens with two attached hydrogens (primary N) is 1. The highest BCUT2D eigenvalue weighted by molar-refractivity contribution is 7.09. The number of aromatic nitrogens is 3. The SMILES string of the molecule is Cc1csc(C(C)Nc2nc(N)nc(C)c2[N+](=O)[O-])n1. The molecule has 0 aliphatic heterocycles. The summed E-state index contributed by atoms with van der Waals surface area (Å²) in [6.07, 6.45) is 0. The van der Waals surface area contributed by atoms with E-state index in [9.17, 15) is 10.1 Å². The summed E-state index contributed by atoms with van der Waals surface area (Å²) in [7, 11) is 0. The van der Waals surface area contributed by atoms with Crippen LogP contribution in [0.25, 0.3) is 0 Å². The van der Waals surface area contributed by atoms with Crippen molar-refractivity contribution in [2.75, 3.05) is 11.1 Å². The van der Waals surface area contributed by atoms with E-state index in [1.165, 1.54) is 18.3 Å². The number of anilines is 2. The smallest absolute Gasteiger partial charge is 0.332 e. The number of hydrogen-bond donors (Lipinski definition) is 2. The second-order valence-electron chi connectivity index (χ2n) is 4.31. The van der Waals surface area contributed by atoms with Crippen LogP contribution in [0.3, 0.4) is 0 Å². The fourth-order valence-electron chi connectivity index (χ4n) is 1.75. The molecule has 2 rings (SSSR count). The molecule has 2 aromatic rings. The van der Waals surface area contributed by atoms with E-state index < -0.39 is 4.92 Å². The Balaban J connectivity index is 2.35. The highest BCUT2D eigenvalue weighted by atomic mass is 32.1. The van der Waals surface area contributed by atoms with Crippen molar-refractivity contribution in [3.8, 4) is 0 Å². The first-order valence-electron chi connectivity index (χ1n) is 5.85. The summed E-state index contributed by atoms with van der Waals surface area (Å²) in [5.74, 6) is 0.110. The van der Waals surface area contributed by atoms with Gasteiger partial charge in [0.15, 0.2) is 0 Å². The Morgan fingerprint density at radius 2 is 2.10 bits per heavy atom. The number of aryl methyl sites for hydroxylation is 2. The number of nitrogens with one attached hydrogen (secondary N) is 1. The molecule has 3 N–H and O–H groups in total. The number of hydrogen-bond acceptors (Lipinski definition) is 8. The molecule has 0 saturated carbocycles. The fourth-order valence-corrected chi connectivity index (χ4v) is 2.55. The molecule has 1 atom stereocenters. The Morgan fingerprint density at radius 1 is 1.40 bits per heavy atom. The van der Waals surface area contributed by atoms with Gasteiger partial charge in [-0.3, -0.25) is 10.1 Å². The van der Waals surface area contributed by atoms with Crippen molar-refractivity contribution >= 4 is 28.8 Å². The number of rotatable bonds is 4. The monoisotopic (exact) mass is 294 g/mol. The van der Waals surface area contributed by atoms with Gasteiger partial charge in [0.1, 0.15) is 10.7 Å². The number of nitrogens with zero attached hydrogens (tertiary/aromatic N) is 4. The van der Waals surface area contributed by atoms with Crippen molar-refractivity contribution < 1.29 is 4.92 Å². The molecule has 0 saturated heterocycles. The highest BCUT2D eigenvalue weighted by Crippen LogP contribution is 2.29. The van der Waals surface area contributed by atoms with E-state index in [1.54, 1.807) is 0 Å². The minimum Gasteiger partial charge on any atom is -0.368 e. The lowest BCUT2D eigenvalue weighted by Crippen LogP contribution is -2.12. The molecule has 9 heteroatoms. The normalized spacial score (nSPS) is 12.2. The quantitative estimate of drug-likeness (QED) is 0.655. The molecule has 0 spiro atoms. The van der Waals surface area contributed by atoms with Gasteiger partial charge < -0.3 is 11.1 Å². The molecule has 2 heterocycles. The molecule has 0 aliphatic carbocycles. The van der Waals surface area contributed by atoms with Gasteiger partial charge in [-0.1, -0.05) is 0 Å². The van der Waals surface area contributed by atoms with E-state index in [-0.39, 0.29) is 29.2 Å². The molecule has 106 valence electrons. The maximum absolute atomic E-state index is 11.1. The van der Waals surface area contributed by atoms with E-state index in [0.29, 0.717) is 0 Å². The summed E-state index contributed by atoms with van der Waals surface area (Å²) in [4.78, 5) is 22.7. The van der Waals surface area contributed by atoms with Gasteiger partial charge in [0.05, 0.1) is 11.0 Å². The third-order valence-corrected chi connectivity index (χ3v) is 3.76. The van der Waals surface area contributed by atoms with Crippen LogP contribution in [-0.2, 0) is 0 Å². The lowest BCUT2D eigenvalue weighted by atomic mass is 10.3. The van der Waals surface area contributed by atoms with Crippen LogP contribution in [0.15, 0.2) is 5.38 Å². The van der Waals surface area contributed by atoms with E-state index >= 15 is 0 Å². The van der Waals surface area contributed by atoms with Crippen molar-refractivity contribution in [3.63, 3.8) is 0 Å². The Bertz CT molecular complexity index is 656. The first-order chi connectivity index (χ1) is 9.38. The predicted octanol–water partition coefficient (Wildman–Crippen LogP) is 2.21. The number of nitro groups is 1. The third kappa shape index (κ3) is 2.82.